The highest BCUT2D eigenvalue weighted by Crippen LogP contribution is 2.33. The van der Waals surface area contributed by atoms with Crippen LogP contribution in [0.5, 0.6) is 0 Å². The summed E-state index contributed by atoms with van der Waals surface area (Å²) in [7, 11) is 0. The van der Waals surface area contributed by atoms with Gasteiger partial charge in [-0.15, -0.1) is 0 Å². The van der Waals surface area contributed by atoms with Crippen LogP contribution in [0.3, 0.4) is 0 Å². The highest BCUT2D eigenvalue weighted by molar-refractivity contribution is 5.94. The second kappa shape index (κ2) is 6.92. The van der Waals surface area contributed by atoms with E-state index in [-0.39, 0.29) is 5.95 Å². The van der Waals surface area contributed by atoms with Crippen molar-refractivity contribution in [3.8, 4) is 22.6 Å². The van der Waals surface area contributed by atoms with Gasteiger partial charge in [0.25, 0.3) is 0 Å². The van der Waals surface area contributed by atoms with Crippen molar-refractivity contribution >= 4 is 22.5 Å². The number of nitrogen functional groups attached to an aromatic ring is 1. The van der Waals surface area contributed by atoms with Gasteiger partial charge in [0.2, 0.25) is 5.95 Å². The third kappa shape index (κ3) is 3.05. The third-order valence-electron chi connectivity index (χ3n) is 5.15. The predicted molar refractivity (Wildman–Crippen MR) is 109 cm³/mol. The first-order valence-corrected chi connectivity index (χ1v) is 9.47. The lowest BCUT2D eigenvalue weighted by Gasteiger charge is -2.28. The Labute approximate surface area is 162 Å². The maximum Gasteiger partial charge on any atom is 0.220 e. The molecule has 140 valence electrons. The largest absolute Gasteiger partial charge is 0.370 e. The Morgan fingerprint density at radius 3 is 2.71 bits per heavy atom. The van der Waals surface area contributed by atoms with E-state index in [0.717, 1.165) is 46.5 Å². The zero-order valence-corrected chi connectivity index (χ0v) is 15.4. The number of fused-ring (bicyclic) bond motifs is 1. The summed E-state index contributed by atoms with van der Waals surface area (Å²) in [6.07, 6.45) is 9.14. The number of pyridine rings is 1. The van der Waals surface area contributed by atoms with Crippen LogP contribution in [-0.4, -0.2) is 33.2 Å². The van der Waals surface area contributed by atoms with Gasteiger partial charge in [0.1, 0.15) is 5.52 Å². The first kappa shape index (κ1) is 16.7. The quantitative estimate of drug-likeness (QED) is 0.582. The summed E-state index contributed by atoms with van der Waals surface area (Å²) in [4.78, 5) is 15.1. The number of benzene rings is 1. The van der Waals surface area contributed by atoms with Gasteiger partial charge in [-0.2, -0.15) is 0 Å². The van der Waals surface area contributed by atoms with Gasteiger partial charge in [-0.1, -0.05) is 11.2 Å². The SMILES string of the molecule is Nc1nccc(-c2ccc3noc(-c4cncc(N5CCCCC5)c4)c3c2)n1. The summed E-state index contributed by atoms with van der Waals surface area (Å²) < 4.78 is 5.69. The summed E-state index contributed by atoms with van der Waals surface area (Å²) in [5.41, 5.74) is 10.3. The van der Waals surface area contributed by atoms with Gasteiger partial charge in [0.15, 0.2) is 5.76 Å². The number of nitrogens with two attached hydrogens (primary N) is 1. The molecular weight excluding hydrogens is 352 g/mol. The van der Waals surface area contributed by atoms with Gasteiger partial charge in [-0.25, -0.2) is 9.97 Å². The Morgan fingerprint density at radius 1 is 0.964 bits per heavy atom. The van der Waals surface area contributed by atoms with E-state index in [1.165, 1.54) is 19.3 Å². The minimum absolute atomic E-state index is 0.251. The summed E-state index contributed by atoms with van der Waals surface area (Å²) in [5, 5.41) is 5.14. The van der Waals surface area contributed by atoms with Crippen molar-refractivity contribution in [1.29, 1.82) is 0 Å². The Kier molecular flexibility index (Phi) is 4.12. The Bertz CT molecular complexity index is 1130. The van der Waals surface area contributed by atoms with Crippen LogP contribution >= 0.6 is 0 Å². The van der Waals surface area contributed by atoms with E-state index in [9.17, 15) is 0 Å². The monoisotopic (exact) mass is 372 g/mol. The average Bonchev–Trinajstić information content (AvgIpc) is 3.18. The number of nitrogens with zero attached hydrogens (tertiary/aromatic N) is 5. The molecule has 0 amide bonds. The minimum atomic E-state index is 0.251. The fourth-order valence-corrected chi connectivity index (χ4v) is 3.72. The number of aromatic nitrogens is 4. The highest BCUT2D eigenvalue weighted by Gasteiger charge is 2.16. The second-order valence-corrected chi connectivity index (χ2v) is 7.02. The summed E-state index contributed by atoms with van der Waals surface area (Å²) in [6.45, 7) is 2.14. The van der Waals surface area contributed by atoms with Crippen LogP contribution in [0.1, 0.15) is 19.3 Å². The molecule has 0 radical (unpaired) electrons. The van der Waals surface area contributed by atoms with Crippen molar-refractivity contribution in [3.63, 3.8) is 0 Å². The van der Waals surface area contributed by atoms with E-state index in [4.69, 9.17) is 10.3 Å². The molecule has 7 heteroatoms. The first-order valence-electron chi connectivity index (χ1n) is 9.47. The molecule has 4 heterocycles. The van der Waals surface area contributed by atoms with Gasteiger partial charge in [-0.05, 0) is 43.5 Å². The van der Waals surface area contributed by atoms with Crippen LogP contribution in [0.25, 0.3) is 33.5 Å². The van der Waals surface area contributed by atoms with E-state index in [0.29, 0.717) is 5.76 Å². The molecule has 0 saturated carbocycles. The molecule has 7 nitrogen and oxygen atoms in total. The zero-order valence-electron chi connectivity index (χ0n) is 15.4. The summed E-state index contributed by atoms with van der Waals surface area (Å²) in [5.74, 6) is 0.965. The molecule has 1 saturated heterocycles. The molecule has 3 aromatic heterocycles. The van der Waals surface area contributed by atoms with E-state index in [1.807, 2.05) is 36.7 Å². The number of hydrogen-bond acceptors (Lipinski definition) is 7. The normalized spacial score (nSPS) is 14.5. The minimum Gasteiger partial charge on any atom is -0.370 e. The lowest BCUT2D eigenvalue weighted by Crippen LogP contribution is -2.29. The molecule has 0 atom stereocenters. The van der Waals surface area contributed by atoms with Crippen molar-refractivity contribution in [2.75, 3.05) is 23.7 Å². The van der Waals surface area contributed by atoms with Crippen LogP contribution in [0.2, 0.25) is 0 Å². The van der Waals surface area contributed by atoms with Crippen LogP contribution in [0, 0.1) is 0 Å². The molecule has 28 heavy (non-hydrogen) atoms. The van der Waals surface area contributed by atoms with Gasteiger partial charge in [-0.3, -0.25) is 4.98 Å². The molecule has 2 N–H and O–H groups in total. The van der Waals surface area contributed by atoms with Crippen molar-refractivity contribution < 1.29 is 4.52 Å². The lowest BCUT2D eigenvalue weighted by molar-refractivity contribution is 0.440. The number of rotatable bonds is 3. The fourth-order valence-electron chi connectivity index (χ4n) is 3.72. The van der Waals surface area contributed by atoms with E-state index in [1.54, 1.807) is 6.20 Å². The van der Waals surface area contributed by atoms with Crippen LogP contribution < -0.4 is 10.6 Å². The van der Waals surface area contributed by atoms with Crippen LogP contribution in [0.15, 0.2) is 53.4 Å². The highest BCUT2D eigenvalue weighted by atomic mass is 16.5. The van der Waals surface area contributed by atoms with Crippen molar-refractivity contribution in [2.24, 2.45) is 0 Å². The topological polar surface area (TPSA) is 94.0 Å². The molecule has 1 aliphatic rings. The van der Waals surface area contributed by atoms with E-state index < -0.39 is 0 Å². The average molecular weight is 372 g/mol. The van der Waals surface area contributed by atoms with Crippen LogP contribution in [-0.2, 0) is 0 Å². The molecule has 1 aromatic carbocycles. The number of hydrogen-bond donors (Lipinski definition) is 1. The van der Waals surface area contributed by atoms with Gasteiger partial charge in [0, 0.05) is 36.6 Å². The third-order valence-corrected chi connectivity index (χ3v) is 5.15. The maximum atomic E-state index is 5.73. The van der Waals surface area contributed by atoms with Crippen molar-refractivity contribution in [3.05, 3.63) is 48.9 Å². The van der Waals surface area contributed by atoms with Gasteiger partial charge >= 0.3 is 0 Å². The summed E-state index contributed by atoms with van der Waals surface area (Å²) >= 11 is 0. The molecule has 0 spiro atoms. The smallest absolute Gasteiger partial charge is 0.220 e. The summed E-state index contributed by atoms with van der Waals surface area (Å²) in [6, 6.07) is 9.88. The molecule has 0 bridgehead atoms. The van der Waals surface area contributed by atoms with Crippen molar-refractivity contribution in [2.45, 2.75) is 19.3 Å². The molecule has 5 rings (SSSR count). The predicted octanol–water partition coefficient (Wildman–Crippen LogP) is 3.92. The van der Waals surface area contributed by atoms with Gasteiger partial charge in [0.05, 0.1) is 23.0 Å². The molecule has 1 fully saturated rings. The Balaban J connectivity index is 1.57. The van der Waals surface area contributed by atoms with Crippen molar-refractivity contribution in [1.82, 2.24) is 20.1 Å². The maximum absolute atomic E-state index is 5.73. The number of anilines is 2. The van der Waals surface area contributed by atoms with E-state index in [2.05, 4.69) is 31.1 Å². The number of piperidine rings is 1. The molecule has 0 aliphatic carbocycles. The lowest BCUT2D eigenvalue weighted by atomic mass is 10.0. The van der Waals surface area contributed by atoms with E-state index >= 15 is 0 Å². The van der Waals surface area contributed by atoms with Gasteiger partial charge < -0.3 is 15.2 Å². The Hall–Kier alpha value is -3.48. The fraction of sp³-hybridized carbons (Fsp3) is 0.238. The standard InChI is InChI=1S/C21H20N6O/c22-21-24-7-6-18(25-21)14-4-5-19-17(11-14)20(28-26-19)15-10-16(13-23-12-15)27-8-2-1-3-9-27/h4-7,10-13H,1-3,8-9H2,(H2,22,24,25). The molecule has 0 unspecified atom stereocenters. The first-order chi connectivity index (χ1) is 13.8. The second-order valence-electron chi connectivity index (χ2n) is 7.02. The molecular formula is C21H20N6O. The molecule has 1 aliphatic heterocycles. The Morgan fingerprint density at radius 2 is 1.86 bits per heavy atom. The zero-order chi connectivity index (χ0) is 18.9. The van der Waals surface area contributed by atoms with Crippen LogP contribution in [0.4, 0.5) is 11.6 Å². The molecule has 4 aromatic rings.